The van der Waals surface area contributed by atoms with Gasteiger partial charge in [-0.15, -0.1) is 17.0 Å². The Labute approximate surface area is 132 Å². The Balaban J connectivity index is 0. The normalized spacial score (nSPS) is 15.0. The minimum atomic E-state index is 0. The number of hydrogen-bond donors (Lipinski definition) is 1. The Bertz CT molecular complexity index is 159. The second-order valence-electron chi connectivity index (χ2n) is 5.73. The van der Waals surface area contributed by atoms with Gasteiger partial charge in [-0.1, -0.05) is 64.7 Å². The molecular formula is C16H37BrN2. The molecule has 19 heavy (non-hydrogen) atoms. The zero-order valence-corrected chi connectivity index (χ0v) is 14.9. The summed E-state index contributed by atoms with van der Waals surface area (Å²) in [5.74, 6) is 0. The van der Waals surface area contributed by atoms with Crippen molar-refractivity contribution >= 4 is 17.0 Å². The number of likely N-dealkylation sites (tertiary alicyclic amines) is 1. The minimum absolute atomic E-state index is 0. The van der Waals surface area contributed by atoms with E-state index in [1.54, 1.807) is 0 Å². The topological polar surface area (TPSA) is 38.2 Å². The van der Waals surface area contributed by atoms with Crippen LogP contribution < -0.4 is 6.15 Å². The van der Waals surface area contributed by atoms with Crippen LogP contribution in [0.15, 0.2) is 0 Å². The highest BCUT2D eigenvalue weighted by molar-refractivity contribution is 8.93. The standard InChI is InChI=1S/C16H33N.BrH.H3N/c1-2-3-4-5-6-7-8-9-10-11-14-17-15-12-13-16-17;;/h2-16H2,1H3;1H;1H3. The Morgan fingerprint density at radius 1 is 0.684 bits per heavy atom. The van der Waals surface area contributed by atoms with Crippen LogP contribution in [0.3, 0.4) is 0 Å². The zero-order valence-electron chi connectivity index (χ0n) is 13.2. The van der Waals surface area contributed by atoms with E-state index in [0.29, 0.717) is 0 Å². The fourth-order valence-corrected chi connectivity index (χ4v) is 2.83. The third-order valence-electron chi connectivity index (χ3n) is 4.03. The van der Waals surface area contributed by atoms with Crippen molar-refractivity contribution in [1.29, 1.82) is 0 Å². The monoisotopic (exact) mass is 336 g/mol. The van der Waals surface area contributed by atoms with Gasteiger partial charge >= 0.3 is 0 Å². The molecule has 0 aromatic carbocycles. The number of rotatable bonds is 11. The SMILES string of the molecule is Br.CCCCCCCCCCCCN1CCCC1.N. The van der Waals surface area contributed by atoms with E-state index in [-0.39, 0.29) is 23.1 Å². The predicted octanol–water partition coefficient (Wildman–Crippen LogP) is 5.74. The average molecular weight is 337 g/mol. The summed E-state index contributed by atoms with van der Waals surface area (Å²) in [6.07, 6.45) is 17.4. The summed E-state index contributed by atoms with van der Waals surface area (Å²) in [6, 6.07) is 0. The van der Waals surface area contributed by atoms with Gasteiger partial charge in [0.05, 0.1) is 0 Å². The lowest BCUT2D eigenvalue weighted by Gasteiger charge is -2.13. The first-order valence-corrected chi connectivity index (χ1v) is 8.16. The van der Waals surface area contributed by atoms with Crippen molar-refractivity contribution in [2.24, 2.45) is 0 Å². The molecule has 1 aliphatic rings. The molecule has 3 N–H and O–H groups in total. The third kappa shape index (κ3) is 13.1. The lowest BCUT2D eigenvalue weighted by molar-refractivity contribution is 0.327. The third-order valence-corrected chi connectivity index (χ3v) is 4.03. The van der Waals surface area contributed by atoms with Gasteiger partial charge in [0.25, 0.3) is 0 Å². The second kappa shape index (κ2) is 16.5. The molecule has 0 aromatic rings. The molecule has 118 valence electrons. The molecule has 0 atom stereocenters. The van der Waals surface area contributed by atoms with Gasteiger partial charge in [0.1, 0.15) is 0 Å². The van der Waals surface area contributed by atoms with E-state index in [9.17, 15) is 0 Å². The lowest BCUT2D eigenvalue weighted by Crippen LogP contribution is -2.20. The summed E-state index contributed by atoms with van der Waals surface area (Å²) in [5, 5.41) is 0. The summed E-state index contributed by atoms with van der Waals surface area (Å²) in [4.78, 5) is 2.64. The summed E-state index contributed by atoms with van der Waals surface area (Å²) >= 11 is 0. The van der Waals surface area contributed by atoms with Crippen molar-refractivity contribution in [2.45, 2.75) is 84.0 Å². The fourth-order valence-electron chi connectivity index (χ4n) is 2.83. The van der Waals surface area contributed by atoms with E-state index in [0.717, 1.165) is 0 Å². The van der Waals surface area contributed by atoms with Gasteiger partial charge in [-0.2, -0.15) is 0 Å². The number of halogens is 1. The molecule has 3 heteroatoms. The second-order valence-corrected chi connectivity index (χ2v) is 5.73. The minimum Gasteiger partial charge on any atom is -0.344 e. The van der Waals surface area contributed by atoms with Gasteiger partial charge < -0.3 is 11.1 Å². The van der Waals surface area contributed by atoms with Gasteiger partial charge in [-0.3, -0.25) is 0 Å². The summed E-state index contributed by atoms with van der Waals surface area (Å²) in [6.45, 7) is 6.41. The van der Waals surface area contributed by atoms with Crippen molar-refractivity contribution < 1.29 is 0 Å². The van der Waals surface area contributed by atoms with Crippen molar-refractivity contribution in [3.8, 4) is 0 Å². The number of unbranched alkanes of at least 4 members (excludes halogenated alkanes) is 9. The van der Waals surface area contributed by atoms with E-state index in [4.69, 9.17) is 0 Å². The fraction of sp³-hybridized carbons (Fsp3) is 1.00. The maximum absolute atomic E-state index is 2.64. The van der Waals surface area contributed by atoms with Gasteiger partial charge in [-0.25, -0.2) is 0 Å². The molecule has 0 saturated carbocycles. The lowest BCUT2D eigenvalue weighted by atomic mass is 10.1. The molecule has 1 aliphatic heterocycles. The highest BCUT2D eigenvalue weighted by atomic mass is 79.9. The Hall–Kier alpha value is 0.400. The first kappa shape index (κ1) is 21.7. The highest BCUT2D eigenvalue weighted by Crippen LogP contribution is 2.12. The molecule has 2 nitrogen and oxygen atoms in total. The molecule has 1 heterocycles. The smallest absolute Gasteiger partial charge is 0.00183 e. The highest BCUT2D eigenvalue weighted by Gasteiger charge is 2.09. The van der Waals surface area contributed by atoms with E-state index in [1.165, 1.54) is 96.7 Å². The van der Waals surface area contributed by atoms with E-state index in [1.807, 2.05) is 0 Å². The summed E-state index contributed by atoms with van der Waals surface area (Å²) in [7, 11) is 0. The van der Waals surface area contributed by atoms with E-state index < -0.39 is 0 Å². The van der Waals surface area contributed by atoms with Crippen molar-refractivity contribution in [1.82, 2.24) is 11.1 Å². The Morgan fingerprint density at radius 3 is 1.58 bits per heavy atom. The van der Waals surface area contributed by atoms with Crippen LogP contribution in [0, 0.1) is 0 Å². The molecule has 0 unspecified atom stereocenters. The van der Waals surface area contributed by atoms with Gasteiger partial charge in [0.15, 0.2) is 0 Å². The van der Waals surface area contributed by atoms with Gasteiger partial charge in [0.2, 0.25) is 0 Å². The summed E-state index contributed by atoms with van der Waals surface area (Å²) < 4.78 is 0. The molecule has 0 spiro atoms. The van der Waals surface area contributed by atoms with Crippen molar-refractivity contribution in [3.63, 3.8) is 0 Å². The number of hydrogen-bond acceptors (Lipinski definition) is 2. The molecule has 0 radical (unpaired) electrons. The van der Waals surface area contributed by atoms with Crippen LogP contribution in [0.5, 0.6) is 0 Å². The number of nitrogens with zero attached hydrogens (tertiary/aromatic N) is 1. The largest absolute Gasteiger partial charge is 0.344 e. The molecular weight excluding hydrogens is 300 g/mol. The van der Waals surface area contributed by atoms with Crippen LogP contribution in [0.2, 0.25) is 0 Å². The molecule has 1 fully saturated rings. The molecule has 1 rings (SSSR count). The van der Waals surface area contributed by atoms with Crippen LogP contribution >= 0.6 is 17.0 Å². The summed E-state index contributed by atoms with van der Waals surface area (Å²) in [5.41, 5.74) is 0. The molecule has 0 bridgehead atoms. The molecule has 1 saturated heterocycles. The quantitative estimate of drug-likeness (QED) is 0.488. The maximum atomic E-state index is 2.64. The zero-order chi connectivity index (χ0) is 12.2. The molecule has 0 aliphatic carbocycles. The molecule has 0 aromatic heterocycles. The van der Waals surface area contributed by atoms with Gasteiger partial charge in [0, 0.05) is 0 Å². The Kier molecular flexibility index (Phi) is 18.8. The van der Waals surface area contributed by atoms with Crippen LogP contribution in [0.1, 0.15) is 84.0 Å². The maximum Gasteiger partial charge on any atom is -0.00183 e. The van der Waals surface area contributed by atoms with Crippen LogP contribution in [-0.4, -0.2) is 24.5 Å². The van der Waals surface area contributed by atoms with Crippen LogP contribution in [-0.2, 0) is 0 Å². The Morgan fingerprint density at radius 2 is 1.11 bits per heavy atom. The van der Waals surface area contributed by atoms with E-state index >= 15 is 0 Å². The van der Waals surface area contributed by atoms with Crippen LogP contribution in [0.4, 0.5) is 0 Å². The first-order chi connectivity index (χ1) is 8.43. The van der Waals surface area contributed by atoms with Crippen LogP contribution in [0.25, 0.3) is 0 Å². The van der Waals surface area contributed by atoms with Crippen molar-refractivity contribution in [3.05, 3.63) is 0 Å². The first-order valence-electron chi connectivity index (χ1n) is 8.16. The van der Waals surface area contributed by atoms with E-state index in [2.05, 4.69) is 11.8 Å². The predicted molar refractivity (Wildman–Crippen MR) is 92.9 cm³/mol. The van der Waals surface area contributed by atoms with Gasteiger partial charge in [-0.05, 0) is 38.9 Å². The average Bonchev–Trinajstić information content (AvgIpc) is 2.85. The molecule has 0 amide bonds. The van der Waals surface area contributed by atoms with Crippen molar-refractivity contribution in [2.75, 3.05) is 19.6 Å².